The van der Waals surface area contributed by atoms with Crippen LogP contribution in [0.15, 0.2) is 24.3 Å². The third-order valence-electron chi connectivity index (χ3n) is 3.81. The van der Waals surface area contributed by atoms with Crippen molar-refractivity contribution in [3.8, 4) is 5.75 Å². The second-order valence-electron chi connectivity index (χ2n) is 5.80. The second-order valence-corrected chi connectivity index (χ2v) is 6.82. The number of esters is 2. The summed E-state index contributed by atoms with van der Waals surface area (Å²) in [4.78, 5) is 37.2. The topological polar surface area (TPSA) is 90.9 Å². The first kappa shape index (κ1) is 21.4. The molecular weight excluding hydrogens is 382 g/mol. The number of hydrogen-bond acceptors (Lipinski definition) is 7. The predicted octanol–water partition coefficient (Wildman–Crippen LogP) is 4.06. The lowest BCUT2D eigenvalue weighted by molar-refractivity contribution is 0.0527. The molecule has 1 aromatic heterocycles. The SMILES string of the molecule is CCCOc1ccc(C(=O)Nc2sc(C(=O)OC)c(C)c2C(=O)OCC)cc1. The van der Waals surface area contributed by atoms with Gasteiger partial charge in [0.15, 0.2) is 0 Å². The number of amides is 1. The summed E-state index contributed by atoms with van der Waals surface area (Å²) in [6.07, 6.45) is 0.888. The number of rotatable bonds is 8. The van der Waals surface area contributed by atoms with Crippen LogP contribution in [-0.4, -0.2) is 38.2 Å². The minimum atomic E-state index is -0.606. The van der Waals surface area contributed by atoms with Gasteiger partial charge < -0.3 is 19.5 Å². The van der Waals surface area contributed by atoms with Crippen molar-refractivity contribution in [1.82, 2.24) is 0 Å². The number of methoxy groups -OCH3 is 1. The average Bonchev–Trinajstić information content (AvgIpc) is 3.02. The lowest BCUT2D eigenvalue weighted by Crippen LogP contribution is -2.15. The van der Waals surface area contributed by atoms with E-state index in [2.05, 4.69) is 5.32 Å². The molecule has 28 heavy (non-hydrogen) atoms. The molecule has 0 aliphatic heterocycles. The molecule has 8 heteroatoms. The molecule has 0 aliphatic rings. The van der Waals surface area contributed by atoms with Gasteiger partial charge in [-0.25, -0.2) is 9.59 Å². The van der Waals surface area contributed by atoms with Crippen LogP contribution in [0.25, 0.3) is 0 Å². The summed E-state index contributed by atoms with van der Waals surface area (Å²) in [5.74, 6) is -0.924. The quantitative estimate of drug-likeness (QED) is 0.666. The van der Waals surface area contributed by atoms with Gasteiger partial charge in [0.2, 0.25) is 0 Å². The third kappa shape index (κ3) is 4.89. The van der Waals surface area contributed by atoms with E-state index in [-0.39, 0.29) is 22.0 Å². The Morgan fingerprint density at radius 1 is 1.07 bits per heavy atom. The summed E-state index contributed by atoms with van der Waals surface area (Å²) in [6.45, 7) is 6.08. The summed E-state index contributed by atoms with van der Waals surface area (Å²) in [5, 5.41) is 2.94. The van der Waals surface area contributed by atoms with E-state index in [4.69, 9.17) is 14.2 Å². The van der Waals surface area contributed by atoms with Crippen molar-refractivity contribution in [2.24, 2.45) is 0 Å². The van der Waals surface area contributed by atoms with Crippen LogP contribution in [0, 0.1) is 6.92 Å². The number of benzene rings is 1. The van der Waals surface area contributed by atoms with Crippen molar-refractivity contribution in [3.05, 3.63) is 45.8 Å². The first-order chi connectivity index (χ1) is 13.4. The zero-order valence-electron chi connectivity index (χ0n) is 16.3. The molecule has 1 N–H and O–H groups in total. The molecule has 2 rings (SSSR count). The number of hydrogen-bond donors (Lipinski definition) is 1. The van der Waals surface area contributed by atoms with Crippen molar-refractivity contribution in [3.63, 3.8) is 0 Å². The van der Waals surface area contributed by atoms with Gasteiger partial charge >= 0.3 is 11.9 Å². The van der Waals surface area contributed by atoms with Crippen LogP contribution in [0.5, 0.6) is 5.75 Å². The van der Waals surface area contributed by atoms with E-state index >= 15 is 0 Å². The molecule has 1 heterocycles. The van der Waals surface area contributed by atoms with Gasteiger partial charge in [-0.1, -0.05) is 6.92 Å². The first-order valence-electron chi connectivity index (χ1n) is 8.85. The van der Waals surface area contributed by atoms with E-state index in [0.717, 1.165) is 17.8 Å². The number of carbonyl (C=O) groups is 3. The Hall–Kier alpha value is -2.87. The highest BCUT2D eigenvalue weighted by Gasteiger charge is 2.27. The molecule has 0 saturated carbocycles. The molecule has 0 radical (unpaired) electrons. The Balaban J connectivity index is 2.29. The molecular formula is C20H23NO6S. The van der Waals surface area contributed by atoms with E-state index in [1.807, 2.05) is 6.92 Å². The molecule has 1 amide bonds. The molecule has 0 fully saturated rings. The highest BCUT2D eigenvalue weighted by Crippen LogP contribution is 2.34. The largest absolute Gasteiger partial charge is 0.494 e. The van der Waals surface area contributed by atoms with E-state index in [0.29, 0.717) is 23.5 Å². The minimum Gasteiger partial charge on any atom is -0.494 e. The van der Waals surface area contributed by atoms with Gasteiger partial charge in [0.05, 0.1) is 25.9 Å². The van der Waals surface area contributed by atoms with Crippen molar-refractivity contribution in [1.29, 1.82) is 0 Å². The smallest absolute Gasteiger partial charge is 0.348 e. The third-order valence-corrected chi connectivity index (χ3v) is 5.00. The van der Waals surface area contributed by atoms with Gasteiger partial charge in [-0.15, -0.1) is 11.3 Å². The minimum absolute atomic E-state index is 0.156. The van der Waals surface area contributed by atoms with E-state index < -0.39 is 17.8 Å². The predicted molar refractivity (Wildman–Crippen MR) is 107 cm³/mol. The lowest BCUT2D eigenvalue weighted by atomic mass is 10.1. The van der Waals surface area contributed by atoms with Gasteiger partial charge in [0.1, 0.15) is 15.6 Å². The molecule has 0 atom stereocenters. The Morgan fingerprint density at radius 2 is 1.75 bits per heavy atom. The second kappa shape index (κ2) is 9.89. The highest BCUT2D eigenvalue weighted by atomic mass is 32.1. The van der Waals surface area contributed by atoms with Crippen LogP contribution >= 0.6 is 11.3 Å². The summed E-state index contributed by atoms with van der Waals surface area (Å²) >= 11 is 0.978. The number of thiophene rings is 1. The van der Waals surface area contributed by atoms with Crippen LogP contribution in [0.3, 0.4) is 0 Å². The maximum atomic E-state index is 12.6. The zero-order valence-corrected chi connectivity index (χ0v) is 17.1. The normalized spacial score (nSPS) is 10.3. The summed E-state index contributed by atoms with van der Waals surface area (Å²) in [7, 11) is 1.26. The maximum Gasteiger partial charge on any atom is 0.348 e. The fraction of sp³-hybridized carbons (Fsp3) is 0.350. The molecule has 0 aliphatic carbocycles. The van der Waals surface area contributed by atoms with Crippen LogP contribution in [-0.2, 0) is 9.47 Å². The summed E-state index contributed by atoms with van der Waals surface area (Å²) in [5.41, 5.74) is 0.960. The standard InChI is InChI=1S/C20H23NO6S/c1-5-11-27-14-9-7-13(8-10-14)17(22)21-18-15(19(23)26-6-2)12(3)16(28-18)20(24)25-4/h7-10H,5-6,11H2,1-4H3,(H,21,22). The van der Waals surface area contributed by atoms with E-state index in [1.165, 1.54) is 7.11 Å². The molecule has 1 aromatic carbocycles. The van der Waals surface area contributed by atoms with Gasteiger partial charge in [-0.05, 0) is 50.1 Å². The molecule has 2 aromatic rings. The number of ether oxygens (including phenoxy) is 3. The van der Waals surface area contributed by atoms with Gasteiger partial charge in [-0.2, -0.15) is 0 Å². The van der Waals surface area contributed by atoms with E-state index in [9.17, 15) is 14.4 Å². The van der Waals surface area contributed by atoms with E-state index in [1.54, 1.807) is 38.1 Å². The van der Waals surface area contributed by atoms with Gasteiger partial charge in [0, 0.05) is 5.56 Å². The molecule has 0 unspecified atom stereocenters. The average molecular weight is 405 g/mol. The molecule has 0 saturated heterocycles. The van der Waals surface area contributed by atoms with Gasteiger partial charge in [-0.3, -0.25) is 4.79 Å². The Morgan fingerprint density at radius 3 is 2.32 bits per heavy atom. The van der Waals surface area contributed by atoms with Crippen molar-refractivity contribution < 1.29 is 28.6 Å². The van der Waals surface area contributed by atoms with Crippen LogP contribution in [0.1, 0.15) is 56.2 Å². The number of nitrogens with one attached hydrogen (secondary N) is 1. The Kier molecular flexibility index (Phi) is 7.57. The zero-order chi connectivity index (χ0) is 20.7. The summed E-state index contributed by atoms with van der Waals surface area (Å²) < 4.78 is 15.3. The van der Waals surface area contributed by atoms with Crippen LogP contribution in [0.2, 0.25) is 0 Å². The molecule has 7 nitrogen and oxygen atoms in total. The van der Waals surface area contributed by atoms with Gasteiger partial charge in [0.25, 0.3) is 5.91 Å². The fourth-order valence-corrected chi connectivity index (χ4v) is 3.54. The Labute approximate surface area is 167 Å². The lowest BCUT2D eigenvalue weighted by Gasteiger charge is -2.08. The maximum absolute atomic E-state index is 12.6. The first-order valence-corrected chi connectivity index (χ1v) is 9.67. The number of anilines is 1. The van der Waals surface area contributed by atoms with Crippen molar-refractivity contribution >= 4 is 34.2 Å². The number of carbonyl (C=O) groups excluding carboxylic acids is 3. The molecule has 150 valence electrons. The summed E-state index contributed by atoms with van der Waals surface area (Å²) in [6, 6.07) is 6.67. The Bertz CT molecular complexity index is 856. The highest BCUT2D eigenvalue weighted by molar-refractivity contribution is 7.18. The van der Waals surface area contributed by atoms with Crippen molar-refractivity contribution in [2.45, 2.75) is 27.2 Å². The van der Waals surface area contributed by atoms with Crippen molar-refractivity contribution in [2.75, 3.05) is 25.6 Å². The monoisotopic (exact) mass is 405 g/mol. The van der Waals surface area contributed by atoms with Crippen LogP contribution < -0.4 is 10.1 Å². The fourth-order valence-electron chi connectivity index (χ4n) is 2.44. The molecule has 0 spiro atoms. The van der Waals surface area contributed by atoms with Crippen LogP contribution in [0.4, 0.5) is 5.00 Å². The molecule has 0 bridgehead atoms.